The lowest BCUT2D eigenvalue weighted by Gasteiger charge is -2.01. The molecule has 0 unspecified atom stereocenters. The maximum absolute atomic E-state index is 11.0. The molecule has 2 heteroatoms. The molecule has 0 aliphatic rings. The molecule has 1 aromatic rings. The van der Waals surface area contributed by atoms with Crippen LogP contribution in [0.3, 0.4) is 0 Å². The maximum atomic E-state index is 11.0. The Morgan fingerprint density at radius 2 is 2.00 bits per heavy atom. The zero-order valence-electron chi connectivity index (χ0n) is 8.60. The lowest BCUT2D eigenvalue weighted by Crippen LogP contribution is -1.91. The van der Waals surface area contributed by atoms with Crippen molar-refractivity contribution < 1.29 is 4.79 Å². The van der Waals surface area contributed by atoms with Gasteiger partial charge in [-0.1, -0.05) is 28.1 Å². The van der Waals surface area contributed by atoms with Crippen molar-refractivity contribution in [3.63, 3.8) is 0 Å². The summed E-state index contributed by atoms with van der Waals surface area (Å²) in [4.78, 5) is 11.0. The minimum atomic E-state index is 0.109. The highest BCUT2D eigenvalue weighted by Crippen LogP contribution is 2.20. The molecule has 0 N–H and O–H groups in total. The number of Topliss-reactive ketones (excluding diaryl/α,β-unsaturated/α-hetero) is 1. The summed E-state index contributed by atoms with van der Waals surface area (Å²) in [7, 11) is 0. The fraction of sp³-hybridized carbons (Fsp3) is 0.250. The lowest BCUT2D eigenvalue weighted by atomic mass is 10.1. The Morgan fingerprint density at radius 3 is 2.50 bits per heavy atom. The monoisotopic (exact) mass is 252 g/mol. The molecule has 0 aromatic heterocycles. The number of carbonyl (C=O) groups excluding carboxylic acids is 1. The maximum Gasteiger partial charge on any atom is 0.155 e. The first kappa shape index (κ1) is 11.2. The molecule has 0 saturated heterocycles. The van der Waals surface area contributed by atoms with Crippen LogP contribution in [0.15, 0.2) is 28.2 Å². The molecule has 0 amide bonds. The molecule has 1 rings (SSSR count). The molecular weight excluding hydrogens is 240 g/mol. The normalized spacial score (nSPS) is 11.6. The van der Waals surface area contributed by atoms with E-state index in [9.17, 15) is 4.79 Å². The van der Waals surface area contributed by atoms with Gasteiger partial charge in [0, 0.05) is 4.47 Å². The summed E-state index contributed by atoms with van der Waals surface area (Å²) in [6.07, 6.45) is 1.89. The van der Waals surface area contributed by atoms with Gasteiger partial charge in [-0.3, -0.25) is 4.79 Å². The van der Waals surface area contributed by atoms with E-state index in [0.29, 0.717) is 0 Å². The Labute approximate surface area is 93.0 Å². The zero-order chi connectivity index (χ0) is 10.7. The van der Waals surface area contributed by atoms with E-state index in [1.807, 2.05) is 38.1 Å². The van der Waals surface area contributed by atoms with Gasteiger partial charge >= 0.3 is 0 Å². The second-order valence-corrected chi connectivity index (χ2v) is 4.26. The Bertz CT molecular complexity index is 391. The van der Waals surface area contributed by atoms with Gasteiger partial charge in [-0.15, -0.1) is 0 Å². The fourth-order valence-electron chi connectivity index (χ4n) is 1.08. The summed E-state index contributed by atoms with van der Waals surface area (Å²) in [6, 6.07) is 6.08. The molecule has 0 spiro atoms. The first-order valence-electron chi connectivity index (χ1n) is 4.46. The molecule has 1 aromatic carbocycles. The molecule has 0 bridgehead atoms. The number of carbonyl (C=O) groups is 1. The average Bonchev–Trinajstić information content (AvgIpc) is 2.09. The average molecular weight is 253 g/mol. The van der Waals surface area contributed by atoms with Crippen LogP contribution < -0.4 is 0 Å². The number of ketones is 1. The second-order valence-electron chi connectivity index (χ2n) is 3.41. The van der Waals surface area contributed by atoms with E-state index in [1.54, 1.807) is 6.92 Å². The first-order valence-corrected chi connectivity index (χ1v) is 5.25. The van der Waals surface area contributed by atoms with Crippen LogP contribution in [0, 0.1) is 6.92 Å². The second kappa shape index (κ2) is 4.56. The van der Waals surface area contributed by atoms with Crippen LogP contribution in [0.1, 0.15) is 25.0 Å². The van der Waals surface area contributed by atoms with Crippen LogP contribution in [0.4, 0.5) is 0 Å². The Balaban J connectivity index is 3.09. The first-order chi connectivity index (χ1) is 6.50. The van der Waals surface area contributed by atoms with Gasteiger partial charge in [0.2, 0.25) is 0 Å². The highest BCUT2D eigenvalue weighted by Gasteiger charge is 2.00. The van der Waals surface area contributed by atoms with Gasteiger partial charge in [0.15, 0.2) is 5.78 Å². The van der Waals surface area contributed by atoms with E-state index in [4.69, 9.17) is 0 Å². The number of hydrogen-bond acceptors (Lipinski definition) is 1. The van der Waals surface area contributed by atoms with Crippen LogP contribution in [0.5, 0.6) is 0 Å². The minimum absolute atomic E-state index is 0.109. The van der Waals surface area contributed by atoms with Gasteiger partial charge in [0.05, 0.1) is 0 Å². The summed E-state index contributed by atoms with van der Waals surface area (Å²) in [5.74, 6) is 0.109. The summed E-state index contributed by atoms with van der Waals surface area (Å²) in [5.41, 5.74) is 3.02. The molecule has 0 aliphatic carbocycles. The van der Waals surface area contributed by atoms with E-state index >= 15 is 0 Å². The molecule has 74 valence electrons. The Hall–Kier alpha value is -0.890. The smallest absolute Gasteiger partial charge is 0.155 e. The molecule has 1 nitrogen and oxygen atoms in total. The predicted octanol–water partition coefficient (Wildman–Crippen LogP) is 3.75. The van der Waals surface area contributed by atoms with Gasteiger partial charge in [0.25, 0.3) is 0 Å². The Kier molecular flexibility index (Phi) is 3.64. The topological polar surface area (TPSA) is 17.1 Å². The molecule has 0 radical (unpaired) electrons. The summed E-state index contributed by atoms with van der Waals surface area (Å²) >= 11 is 3.47. The minimum Gasteiger partial charge on any atom is -0.295 e. The van der Waals surface area contributed by atoms with Gasteiger partial charge < -0.3 is 0 Å². The number of benzene rings is 1. The molecule has 0 aliphatic heterocycles. The summed E-state index contributed by atoms with van der Waals surface area (Å²) in [5, 5.41) is 0. The predicted molar refractivity (Wildman–Crippen MR) is 63.2 cm³/mol. The van der Waals surface area contributed by atoms with Gasteiger partial charge in [-0.2, -0.15) is 0 Å². The third-order valence-electron chi connectivity index (χ3n) is 2.08. The van der Waals surface area contributed by atoms with Gasteiger partial charge in [-0.05, 0) is 49.6 Å². The van der Waals surface area contributed by atoms with Crippen LogP contribution >= 0.6 is 15.9 Å². The SMILES string of the molecule is CC(=O)/C(C)=C/c1ccc(C)cc1Br. The van der Waals surface area contributed by atoms with E-state index in [2.05, 4.69) is 15.9 Å². The number of halogens is 1. The van der Waals surface area contributed by atoms with E-state index in [0.717, 1.165) is 15.6 Å². The van der Waals surface area contributed by atoms with Crippen molar-refractivity contribution in [2.75, 3.05) is 0 Å². The summed E-state index contributed by atoms with van der Waals surface area (Å²) in [6.45, 7) is 5.44. The van der Waals surface area contributed by atoms with Crippen molar-refractivity contribution in [1.82, 2.24) is 0 Å². The molecule has 0 saturated carbocycles. The fourth-order valence-corrected chi connectivity index (χ4v) is 1.69. The number of rotatable bonds is 2. The van der Waals surface area contributed by atoms with E-state index in [1.165, 1.54) is 5.56 Å². The van der Waals surface area contributed by atoms with E-state index < -0.39 is 0 Å². The third kappa shape index (κ3) is 2.81. The van der Waals surface area contributed by atoms with Crippen LogP contribution in [-0.2, 0) is 4.79 Å². The van der Waals surface area contributed by atoms with Crippen molar-refractivity contribution in [1.29, 1.82) is 0 Å². The largest absolute Gasteiger partial charge is 0.295 e. The van der Waals surface area contributed by atoms with Gasteiger partial charge in [-0.25, -0.2) is 0 Å². The third-order valence-corrected chi connectivity index (χ3v) is 2.77. The summed E-state index contributed by atoms with van der Waals surface area (Å²) < 4.78 is 1.03. The zero-order valence-corrected chi connectivity index (χ0v) is 10.2. The van der Waals surface area contributed by atoms with Crippen molar-refractivity contribution in [2.45, 2.75) is 20.8 Å². The standard InChI is InChI=1S/C12H13BrO/c1-8-4-5-11(12(13)6-8)7-9(2)10(3)14/h4-7H,1-3H3/b9-7+. The molecule has 0 atom stereocenters. The van der Waals surface area contributed by atoms with E-state index in [-0.39, 0.29) is 5.78 Å². The van der Waals surface area contributed by atoms with Crippen LogP contribution in [0.2, 0.25) is 0 Å². The highest BCUT2D eigenvalue weighted by atomic mass is 79.9. The highest BCUT2D eigenvalue weighted by molar-refractivity contribution is 9.10. The molecule has 0 fully saturated rings. The van der Waals surface area contributed by atoms with Crippen molar-refractivity contribution in [3.05, 3.63) is 39.4 Å². The molecule has 14 heavy (non-hydrogen) atoms. The van der Waals surface area contributed by atoms with Crippen molar-refractivity contribution in [3.8, 4) is 0 Å². The molecule has 0 heterocycles. The lowest BCUT2D eigenvalue weighted by molar-refractivity contribution is -0.113. The van der Waals surface area contributed by atoms with Crippen molar-refractivity contribution in [2.24, 2.45) is 0 Å². The number of allylic oxidation sites excluding steroid dienone is 1. The van der Waals surface area contributed by atoms with Gasteiger partial charge in [0.1, 0.15) is 0 Å². The van der Waals surface area contributed by atoms with Crippen molar-refractivity contribution >= 4 is 27.8 Å². The van der Waals surface area contributed by atoms with Crippen LogP contribution in [-0.4, -0.2) is 5.78 Å². The number of hydrogen-bond donors (Lipinski definition) is 0. The molecular formula is C12H13BrO. The Morgan fingerprint density at radius 1 is 1.36 bits per heavy atom. The quantitative estimate of drug-likeness (QED) is 0.733. The number of aryl methyl sites for hydroxylation is 1. The van der Waals surface area contributed by atoms with Crippen LogP contribution in [0.25, 0.3) is 6.08 Å².